The number of amides is 3. The fourth-order valence-electron chi connectivity index (χ4n) is 4.55. The van der Waals surface area contributed by atoms with E-state index in [2.05, 4.69) is 20.6 Å². The molecule has 0 radical (unpaired) electrons. The predicted molar refractivity (Wildman–Crippen MR) is 116 cm³/mol. The van der Waals surface area contributed by atoms with Gasteiger partial charge in [-0.3, -0.25) is 28.7 Å². The number of likely N-dealkylation sites (N-methyl/N-ethyl adjacent to an activating group) is 1. The number of aromatic nitrogens is 3. The second-order valence-corrected chi connectivity index (χ2v) is 8.99. The Labute approximate surface area is 198 Å². The van der Waals surface area contributed by atoms with Gasteiger partial charge in [-0.25, -0.2) is 13.8 Å². The first-order chi connectivity index (χ1) is 16.5. The molecular formula is C22H24F2N6O5. The van der Waals surface area contributed by atoms with Crippen LogP contribution >= 0.6 is 0 Å². The minimum absolute atomic E-state index is 0.0662. The normalized spacial score (nSPS) is 20.5. The predicted octanol–water partition coefficient (Wildman–Crippen LogP) is 0.156. The molecule has 2 aromatic heterocycles. The Morgan fingerprint density at radius 2 is 1.94 bits per heavy atom. The van der Waals surface area contributed by atoms with Gasteiger partial charge in [-0.05, 0) is 31.6 Å². The average molecular weight is 490 g/mol. The van der Waals surface area contributed by atoms with E-state index < -0.39 is 58.4 Å². The molecule has 2 aromatic rings. The van der Waals surface area contributed by atoms with Crippen molar-refractivity contribution in [1.82, 2.24) is 30.1 Å². The maximum Gasteiger partial charge on any atom is 0.311 e. The van der Waals surface area contributed by atoms with Crippen LogP contribution in [0.2, 0.25) is 0 Å². The molecule has 3 aliphatic rings. The van der Waals surface area contributed by atoms with Crippen LogP contribution < -0.4 is 16.2 Å². The van der Waals surface area contributed by atoms with E-state index in [-0.39, 0.29) is 24.0 Å². The van der Waals surface area contributed by atoms with Gasteiger partial charge in [0.25, 0.3) is 11.5 Å². The van der Waals surface area contributed by atoms with E-state index in [1.54, 1.807) is 0 Å². The zero-order valence-corrected chi connectivity index (χ0v) is 19.1. The number of carbonyl (C=O) groups is 3. The van der Waals surface area contributed by atoms with Gasteiger partial charge in [-0.1, -0.05) is 0 Å². The highest BCUT2D eigenvalue weighted by atomic mass is 19.1. The van der Waals surface area contributed by atoms with Gasteiger partial charge in [0, 0.05) is 26.7 Å². The van der Waals surface area contributed by atoms with Crippen LogP contribution in [0.15, 0.2) is 17.1 Å². The summed E-state index contributed by atoms with van der Waals surface area (Å²) in [7, 11) is 2.86. The van der Waals surface area contributed by atoms with Crippen LogP contribution in [0, 0.1) is 17.6 Å². The van der Waals surface area contributed by atoms with Crippen LogP contribution in [0.25, 0.3) is 0 Å². The van der Waals surface area contributed by atoms with Gasteiger partial charge in [-0.2, -0.15) is 0 Å². The number of nitrogens with zero attached hydrogens (tertiary/aromatic N) is 4. The minimum atomic E-state index is -1.19. The van der Waals surface area contributed by atoms with Crippen molar-refractivity contribution in [3.63, 3.8) is 0 Å². The van der Waals surface area contributed by atoms with Crippen LogP contribution in [0.3, 0.4) is 0 Å². The third-order valence-corrected chi connectivity index (χ3v) is 6.44. The number of nitrogens with one attached hydrogen (secondary N) is 2. The van der Waals surface area contributed by atoms with E-state index in [1.165, 1.54) is 18.7 Å². The zero-order valence-electron chi connectivity index (χ0n) is 19.1. The highest BCUT2D eigenvalue weighted by Gasteiger charge is 2.46. The molecule has 2 bridgehead atoms. The van der Waals surface area contributed by atoms with Crippen LogP contribution in [0.4, 0.5) is 8.78 Å². The smallest absolute Gasteiger partial charge is 0.311 e. The Kier molecular flexibility index (Phi) is 6.26. The second-order valence-electron chi connectivity index (χ2n) is 8.99. The van der Waals surface area contributed by atoms with Gasteiger partial charge in [0.2, 0.25) is 5.75 Å². The number of fused-ring (bicyclic) bond motifs is 2. The average Bonchev–Trinajstić information content (AvgIpc) is 3.06. The van der Waals surface area contributed by atoms with Crippen LogP contribution in [-0.4, -0.2) is 56.4 Å². The summed E-state index contributed by atoms with van der Waals surface area (Å²) in [5, 5.41) is 15.5. The van der Waals surface area contributed by atoms with Crippen molar-refractivity contribution in [2.24, 2.45) is 5.92 Å². The Morgan fingerprint density at radius 3 is 2.57 bits per heavy atom. The standard InChI is InChI=1S/C22H24F2N6O5/c1-29(2)20(35)18(33)28-22-5-3-11(4-6-22)10-30-19(34)16(31)15(27-21(22)30)17(32)26-9-14-13(24)7-12(23)8-25-14/h7-8,11,31H,3-6,9-10H2,1-2H3,(H,26,32)(H,28,33). The largest absolute Gasteiger partial charge is 0.501 e. The Bertz CT molecular complexity index is 1270. The molecule has 0 saturated heterocycles. The van der Waals surface area contributed by atoms with E-state index >= 15 is 0 Å². The molecule has 1 fully saturated rings. The third-order valence-electron chi connectivity index (χ3n) is 6.44. The van der Waals surface area contributed by atoms with Crippen LogP contribution in [-0.2, 0) is 28.2 Å². The summed E-state index contributed by atoms with van der Waals surface area (Å²) in [5.41, 5.74) is -2.92. The molecule has 0 aromatic carbocycles. The van der Waals surface area contributed by atoms with Crippen molar-refractivity contribution in [2.75, 3.05) is 14.1 Å². The van der Waals surface area contributed by atoms with Crippen molar-refractivity contribution in [1.29, 1.82) is 0 Å². The highest BCUT2D eigenvalue weighted by molar-refractivity contribution is 6.35. The van der Waals surface area contributed by atoms with Crippen LogP contribution in [0.1, 0.15) is 47.7 Å². The lowest BCUT2D eigenvalue weighted by Crippen LogP contribution is -2.53. The molecule has 1 saturated carbocycles. The summed E-state index contributed by atoms with van der Waals surface area (Å²) in [4.78, 5) is 59.7. The Hall–Kier alpha value is -3.90. The van der Waals surface area contributed by atoms with Crippen LogP contribution in [0.5, 0.6) is 5.75 Å². The lowest BCUT2D eigenvalue weighted by Gasteiger charge is -2.37. The van der Waals surface area contributed by atoms with Gasteiger partial charge < -0.3 is 20.6 Å². The first-order valence-corrected chi connectivity index (χ1v) is 11.0. The number of halogens is 2. The molecule has 0 unspecified atom stereocenters. The molecule has 0 spiro atoms. The summed E-state index contributed by atoms with van der Waals surface area (Å²) in [6.45, 7) is -0.216. The molecular weight excluding hydrogens is 466 g/mol. The minimum Gasteiger partial charge on any atom is -0.501 e. The molecule has 11 nitrogen and oxygen atoms in total. The van der Waals surface area contributed by atoms with Gasteiger partial charge in [0.15, 0.2) is 5.69 Å². The molecule has 3 N–H and O–H groups in total. The SMILES string of the molecule is CN(C)C(=O)C(=O)NC12CCC(CC1)Cn1c2nc(C(=O)NCc2ncc(F)cc2F)c(O)c1=O. The summed E-state index contributed by atoms with van der Waals surface area (Å²) >= 11 is 0. The number of rotatable bonds is 4. The van der Waals surface area contributed by atoms with E-state index in [4.69, 9.17) is 0 Å². The molecule has 1 aliphatic carbocycles. The van der Waals surface area contributed by atoms with Gasteiger partial charge in [0.1, 0.15) is 17.5 Å². The van der Waals surface area contributed by atoms with Gasteiger partial charge in [0.05, 0.1) is 24.0 Å². The molecule has 2 aliphatic heterocycles. The van der Waals surface area contributed by atoms with Crippen molar-refractivity contribution in [2.45, 2.75) is 44.3 Å². The number of pyridine rings is 1. The summed E-state index contributed by atoms with van der Waals surface area (Å²) in [5.74, 6) is -5.25. The van der Waals surface area contributed by atoms with Crippen molar-refractivity contribution in [3.8, 4) is 5.75 Å². The quantitative estimate of drug-likeness (QED) is 0.517. The lowest BCUT2D eigenvalue weighted by atomic mass is 9.77. The number of carbonyl (C=O) groups excluding carboxylic acids is 3. The maximum absolute atomic E-state index is 13.9. The lowest BCUT2D eigenvalue weighted by molar-refractivity contribution is -0.145. The van der Waals surface area contributed by atoms with Gasteiger partial charge >= 0.3 is 11.8 Å². The zero-order chi connectivity index (χ0) is 25.5. The first kappa shape index (κ1) is 24.2. The van der Waals surface area contributed by atoms with E-state index in [9.17, 15) is 33.1 Å². The fourth-order valence-corrected chi connectivity index (χ4v) is 4.55. The maximum atomic E-state index is 13.9. The van der Waals surface area contributed by atoms with E-state index in [1.807, 2.05) is 0 Å². The monoisotopic (exact) mass is 490 g/mol. The van der Waals surface area contributed by atoms with Crippen molar-refractivity contribution >= 4 is 17.7 Å². The molecule has 186 valence electrons. The molecule has 4 heterocycles. The highest BCUT2D eigenvalue weighted by Crippen LogP contribution is 2.42. The molecule has 35 heavy (non-hydrogen) atoms. The third kappa shape index (κ3) is 4.45. The molecule has 5 rings (SSSR count). The summed E-state index contributed by atoms with van der Waals surface area (Å²) in [6.07, 6.45) is 2.82. The van der Waals surface area contributed by atoms with E-state index in [0.29, 0.717) is 31.7 Å². The Morgan fingerprint density at radius 1 is 1.26 bits per heavy atom. The molecule has 0 atom stereocenters. The molecule has 3 amide bonds. The summed E-state index contributed by atoms with van der Waals surface area (Å²) < 4.78 is 28.2. The van der Waals surface area contributed by atoms with Crippen molar-refractivity contribution < 1.29 is 28.3 Å². The summed E-state index contributed by atoms with van der Waals surface area (Å²) in [6, 6.07) is 0.608. The second kappa shape index (κ2) is 9.04. The number of hydrogen-bond acceptors (Lipinski definition) is 7. The molecule has 13 heteroatoms. The van der Waals surface area contributed by atoms with E-state index in [0.717, 1.165) is 11.1 Å². The topological polar surface area (TPSA) is 147 Å². The fraction of sp³-hybridized carbons (Fsp3) is 0.455. The van der Waals surface area contributed by atoms with Gasteiger partial charge in [-0.15, -0.1) is 0 Å². The first-order valence-electron chi connectivity index (χ1n) is 11.0. The number of hydrogen-bond donors (Lipinski definition) is 3. The van der Waals surface area contributed by atoms with Crippen molar-refractivity contribution in [3.05, 3.63) is 51.5 Å². The number of aromatic hydroxyl groups is 1. The Balaban J connectivity index is 1.70.